The van der Waals surface area contributed by atoms with Gasteiger partial charge in [-0.25, -0.2) is 16.7 Å². The molecule has 21 heavy (non-hydrogen) atoms. The largest absolute Gasteiger partial charge is 0.291 e. The third-order valence-corrected chi connectivity index (χ3v) is 3.10. The minimum atomic E-state index is -0.577. The van der Waals surface area contributed by atoms with Crippen molar-refractivity contribution in [1.82, 2.24) is 5.43 Å². The van der Waals surface area contributed by atoms with Crippen molar-refractivity contribution in [3.8, 4) is 0 Å². The first-order valence-electron chi connectivity index (χ1n) is 6.30. The van der Waals surface area contributed by atoms with E-state index in [0.29, 0.717) is 5.69 Å². The summed E-state index contributed by atoms with van der Waals surface area (Å²) in [5.74, 6) is 9.75. The lowest BCUT2D eigenvalue weighted by Crippen LogP contribution is -2.37. The summed E-state index contributed by atoms with van der Waals surface area (Å²) in [6, 6.07) is 11.5. The van der Waals surface area contributed by atoms with Crippen LogP contribution in [-0.2, 0) is 9.59 Å². The first-order valence-corrected chi connectivity index (χ1v) is 6.30. The second kappa shape index (κ2) is 6.17. The summed E-state index contributed by atoms with van der Waals surface area (Å²) in [7, 11) is 0. The van der Waals surface area contributed by atoms with Gasteiger partial charge in [-0.2, -0.15) is 0 Å². The number of carbonyl (C=O) groups is 2. The van der Waals surface area contributed by atoms with Crippen molar-refractivity contribution in [1.29, 1.82) is 0 Å². The predicted octanol–water partition coefficient (Wildman–Crippen LogP) is 0.901. The van der Waals surface area contributed by atoms with Crippen molar-refractivity contribution in [2.45, 2.75) is 6.92 Å². The summed E-state index contributed by atoms with van der Waals surface area (Å²) >= 11 is 0. The van der Waals surface area contributed by atoms with Crippen LogP contribution in [0.1, 0.15) is 5.56 Å². The number of hydrazine groups is 2. The average Bonchev–Trinajstić information content (AvgIpc) is 2.51. The Hall–Kier alpha value is -2.70. The molecule has 6 nitrogen and oxygen atoms in total. The maximum absolute atomic E-state index is 12.1. The standard InChI is InChI=1S/C15H16N4O2/c1-10-6-7-11-4-2-3-5-12(11)15(10)19(17)14(21)9-8-13(20)18-16/h2-9H,16-17H2,1H3,(H,18,20)/b9-8-. The van der Waals surface area contributed by atoms with Crippen molar-refractivity contribution in [2.24, 2.45) is 11.7 Å². The van der Waals surface area contributed by atoms with Gasteiger partial charge in [0.05, 0.1) is 5.69 Å². The number of nitrogens with zero attached hydrogens (tertiary/aromatic N) is 1. The zero-order valence-electron chi connectivity index (χ0n) is 11.5. The Morgan fingerprint density at radius 1 is 1.14 bits per heavy atom. The van der Waals surface area contributed by atoms with E-state index >= 15 is 0 Å². The number of carbonyl (C=O) groups excluding carboxylic acids is 2. The van der Waals surface area contributed by atoms with Gasteiger partial charge in [-0.1, -0.05) is 36.4 Å². The summed E-state index contributed by atoms with van der Waals surface area (Å²) in [4.78, 5) is 23.1. The molecule has 0 aliphatic rings. The van der Waals surface area contributed by atoms with E-state index in [1.807, 2.05) is 48.7 Å². The van der Waals surface area contributed by atoms with Gasteiger partial charge in [0.1, 0.15) is 0 Å². The van der Waals surface area contributed by atoms with E-state index in [4.69, 9.17) is 11.7 Å². The smallest absolute Gasteiger partial charge is 0.265 e. The summed E-state index contributed by atoms with van der Waals surface area (Å²) < 4.78 is 0. The Labute approximate surface area is 122 Å². The van der Waals surface area contributed by atoms with E-state index in [2.05, 4.69) is 0 Å². The molecule has 0 spiro atoms. The van der Waals surface area contributed by atoms with Gasteiger partial charge < -0.3 is 0 Å². The molecule has 5 N–H and O–H groups in total. The molecule has 2 rings (SSSR count). The van der Waals surface area contributed by atoms with Crippen LogP contribution in [0.4, 0.5) is 5.69 Å². The Morgan fingerprint density at radius 2 is 1.86 bits per heavy atom. The molecule has 0 saturated heterocycles. The van der Waals surface area contributed by atoms with Crippen LogP contribution in [0.15, 0.2) is 48.6 Å². The fraction of sp³-hybridized carbons (Fsp3) is 0.0667. The lowest BCUT2D eigenvalue weighted by molar-refractivity contribution is -0.117. The van der Waals surface area contributed by atoms with Gasteiger partial charge in [0.15, 0.2) is 0 Å². The molecular formula is C15H16N4O2. The van der Waals surface area contributed by atoms with E-state index in [9.17, 15) is 9.59 Å². The number of anilines is 1. The zero-order valence-corrected chi connectivity index (χ0v) is 11.5. The van der Waals surface area contributed by atoms with Crippen LogP contribution in [0, 0.1) is 6.92 Å². The monoisotopic (exact) mass is 284 g/mol. The van der Waals surface area contributed by atoms with Gasteiger partial charge in [-0.05, 0) is 17.9 Å². The molecule has 0 radical (unpaired) electrons. The molecule has 0 aromatic heterocycles. The summed E-state index contributed by atoms with van der Waals surface area (Å²) in [6.45, 7) is 1.87. The maximum atomic E-state index is 12.1. The Morgan fingerprint density at radius 3 is 2.57 bits per heavy atom. The molecule has 2 aromatic carbocycles. The number of amides is 2. The summed E-state index contributed by atoms with van der Waals surface area (Å²) in [6.07, 6.45) is 2.10. The van der Waals surface area contributed by atoms with Crippen molar-refractivity contribution in [3.05, 3.63) is 54.1 Å². The maximum Gasteiger partial charge on any atom is 0.265 e. The molecule has 0 bridgehead atoms. The topological polar surface area (TPSA) is 101 Å². The molecule has 0 fully saturated rings. The second-order valence-corrected chi connectivity index (χ2v) is 4.50. The van der Waals surface area contributed by atoms with Crippen molar-refractivity contribution in [3.63, 3.8) is 0 Å². The first-order chi connectivity index (χ1) is 10.0. The van der Waals surface area contributed by atoms with Gasteiger partial charge in [-0.15, -0.1) is 0 Å². The van der Waals surface area contributed by atoms with Crippen LogP contribution in [-0.4, -0.2) is 11.8 Å². The van der Waals surface area contributed by atoms with E-state index in [1.165, 1.54) is 0 Å². The summed E-state index contributed by atoms with van der Waals surface area (Å²) in [5, 5.41) is 2.87. The van der Waals surface area contributed by atoms with E-state index in [1.54, 1.807) is 0 Å². The number of hydrogen-bond acceptors (Lipinski definition) is 4. The fourth-order valence-electron chi connectivity index (χ4n) is 2.07. The molecule has 0 heterocycles. The summed E-state index contributed by atoms with van der Waals surface area (Å²) in [5.41, 5.74) is 3.37. The molecule has 2 aromatic rings. The normalized spacial score (nSPS) is 10.8. The molecule has 108 valence electrons. The number of aryl methyl sites for hydroxylation is 1. The lowest BCUT2D eigenvalue weighted by atomic mass is 10.0. The molecule has 0 aliphatic carbocycles. The van der Waals surface area contributed by atoms with E-state index < -0.39 is 11.8 Å². The Kier molecular flexibility index (Phi) is 4.32. The minimum Gasteiger partial charge on any atom is -0.291 e. The van der Waals surface area contributed by atoms with Gasteiger partial charge in [0.25, 0.3) is 11.8 Å². The van der Waals surface area contributed by atoms with Crippen LogP contribution in [0.5, 0.6) is 0 Å². The van der Waals surface area contributed by atoms with Crippen LogP contribution >= 0.6 is 0 Å². The molecule has 0 atom stereocenters. The highest BCUT2D eigenvalue weighted by atomic mass is 16.2. The fourth-order valence-corrected chi connectivity index (χ4v) is 2.07. The molecule has 2 amide bonds. The van der Waals surface area contributed by atoms with Gasteiger partial charge in [0, 0.05) is 17.5 Å². The number of hydrogen-bond donors (Lipinski definition) is 3. The molecule has 0 unspecified atom stereocenters. The highest BCUT2D eigenvalue weighted by Gasteiger charge is 2.14. The van der Waals surface area contributed by atoms with Gasteiger partial charge in [0.2, 0.25) is 0 Å². The quantitative estimate of drug-likeness (QED) is 0.337. The number of rotatable bonds is 3. The third-order valence-electron chi connectivity index (χ3n) is 3.10. The molecular weight excluding hydrogens is 268 g/mol. The zero-order chi connectivity index (χ0) is 15.4. The highest BCUT2D eigenvalue weighted by molar-refractivity contribution is 6.09. The Balaban J connectivity index is 2.41. The van der Waals surface area contributed by atoms with Gasteiger partial charge >= 0.3 is 0 Å². The lowest BCUT2D eigenvalue weighted by Gasteiger charge is -2.19. The van der Waals surface area contributed by atoms with Crippen LogP contribution < -0.4 is 22.1 Å². The first kappa shape index (κ1) is 14.7. The molecule has 0 saturated carbocycles. The third kappa shape index (κ3) is 3.07. The predicted molar refractivity (Wildman–Crippen MR) is 81.8 cm³/mol. The van der Waals surface area contributed by atoms with Crippen LogP contribution in [0.3, 0.4) is 0 Å². The highest BCUT2D eigenvalue weighted by Crippen LogP contribution is 2.29. The molecule has 6 heteroatoms. The second-order valence-electron chi connectivity index (χ2n) is 4.50. The van der Waals surface area contributed by atoms with Crippen LogP contribution in [0.25, 0.3) is 10.8 Å². The van der Waals surface area contributed by atoms with Gasteiger partial charge in [-0.3, -0.25) is 15.0 Å². The van der Waals surface area contributed by atoms with E-state index in [-0.39, 0.29) is 0 Å². The van der Waals surface area contributed by atoms with Crippen molar-refractivity contribution >= 4 is 28.3 Å². The number of fused-ring (bicyclic) bond motifs is 1. The SMILES string of the molecule is Cc1ccc2ccccc2c1N(N)C(=O)/C=C\C(=O)NN. The van der Waals surface area contributed by atoms with Crippen LogP contribution in [0.2, 0.25) is 0 Å². The van der Waals surface area contributed by atoms with Crippen molar-refractivity contribution in [2.75, 3.05) is 5.01 Å². The Bertz CT molecular complexity index is 725. The average molecular weight is 284 g/mol. The van der Waals surface area contributed by atoms with Crippen molar-refractivity contribution < 1.29 is 9.59 Å². The molecule has 0 aliphatic heterocycles. The minimum absolute atomic E-state index is 0.516. The number of nitrogens with two attached hydrogens (primary N) is 2. The van der Waals surface area contributed by atoms with E-state index in [0.717, 1.165) is 33.5 Å². The number of nitrogens with one attached hydrogen (secondary N) is 1. The number of benzene rings is 2.